The molecule has 0 aromatic rings. The molecule has 0 aromatic carbocycles. The Balaban J connectivity index is 3.37. The summed E-state index contributed by atoms with van der Waals surface area (Å²) >= 11 is 0. The molecule has 102 valence electrons. The van der Waals surface area contributed by atoms with Gasteiger partial charge in [-0.1, -0.05) is 32.1 Å². The van der Waals surface area contributed by atoms with Crippen molar-refractivity contribution in [3.63, 3.8) is 0 Å². The molecular weight excluding hydrogens is 234 g/mol. The van der Waals surface area contributed by atoms with Gasteiger partial charge in [0, 0.05) is 6.54 Å². The number of hydrogen-bond donors (Lipinski definition) is 1. The first-order chi connectivity index (χ1) is 8.70. The van der Waals surface area contributed by atoms with Gasteiger partial charge in [0.15, 0.2) is 6.61 Å². The van der Waals surface area contributed by atoms with Crippen LogP contribution in [0.5, 0.6) is 0 Å². The van der Waals surface area contributed by atoms with E-state index in [4.69, 9.17) is 11.2 Å². The van der Waals surface area contributed by atoms with Crippen molar-refractivity contribution in [2.24, 2.45) is 0 Å². The number of ether oxygens (including phenoxy) is 2. The highest BCUT2D eigenvalue weighted by atomic mass is 16.5. The fraction of sp³-hybridized carbons (Fsp3) is 0.692. The molecule has 0 saturated heterocycles. The molecule has 0 aliphatic heterocycles. The molecule has 0 fully saturated rings. The minimum atomic E-state index is -0.622. The zero-order valence-corrected chi connectivity index (χ0v) is 10.9. The zero-order valence-electron chi connectivity index (χ0n) is 10.9. The van der Waals surface area contributed by atoms with Crippen LogP contribution >= 0.6 is 0 Å². The Labute approximate surface area is 108 Å². The third kappa shape index (κ3) is 10.8. The maximum atomic E-state index is 11.2. The Kier molecular flexibility index (Phi) is 10.7. The summed E-state index contributed by atoms with van der Waals surface area (Å²) in [4.78, 5) is 22.2. The SMILES string of the molecule is C#CCOC(=O)NCCC(=O)OCCCCCC. The smallest absolute Gasteiger partial charge is 0.408 e. The highest BCUT2D eigenvalue weighted by Gasteiger charge is 2.05. The van der Waals surface area contributed by atoms with Crippen LogP contribution in [0.4, 0.5) is 4.79 Å². The van der Waals surface area contributed by atoms with Gasteiger partial charge in [-0.25, -0.2) is 4.79 Å². The van der Waals surface area contributed by atoms with Gasteiger partial charge in [0.05, 0.1) is 13.0 Å². The molecule has 0 heterocycles. The standard InChI is InChI=1S/C13H21NO4/c1-3-5-6-7-11-17-12(15)8-9-14-13(16)18-10-4-2/h2H,3,5-11H2,1H3,(H,14,16). The van der Waals surface area contributed by atoms with Gasteiger partial charge in [-0.2, -0.15) is 0 Å². The first-order valence-electron chi connectivity index (χ1n) is 6.20. The number of amides is 1. The lowest BCUT2D eigenvalue weighted by molar-refractivity contribution is -0.143. The Morgan fingerprint density at radius 3 is 2.67 bits per heavy atom. The summed E-state index contributed by atoms with van der Waals surface area (Å²) in [5.74, 6) is 1.85. The van der Waals surface area contributed by atoms with E-state index in [1.807, 2.05) is 0 Å². The second-order valence-corrected chi connectivity index (χ2v) is 3.74. The fourth-order valence-electron chi connectivity index (χ4n) is 1.21. The summed E-state index contributed by atoms with van der Waals surface area (Å²) in [7, 11) is 0. The number of hydrogen-bond acceptors (Lipinski definition) is 4. The highest BCUT2D eigenvalue weighted by molar-refractivity contribution is 5.71. The second kappa shape index (κ2) is 11.8. The van der Waals surface area contributed by atoms with Crippen molar-refractivity contribution in [3.05, 3.63) is 0 Å². The second-order valence-electron chi connectivity index (χ2n) is 3.74. The van der Waals surface area contributed by atoms with Gasteiger partial charge < -0.3 is 14.8 Å². The van der Waals surface area contributed by atoms with Gasteiger partial charge in [0.25, 0.3) is 0 Å². The van der Waals surface area contributed by atoms with E-state index in [1.165, 1.54) is 0 Å². The first kappa shape index (κ1) is 16.3. The molecule has 0 unspecified atom stereocenters. The molecule has 5 nitrogen and oxygen atoms in total. The summed E-state index contributed by atoms with van der Waals surface area (Å²) in [6.07, 6.45) is 8.69. The molecule has 1 N–H and O–H groups in total. The van der Waals surface area contributed by atoms with Gasteiger partial charge in [-0.05, 0) is 6.42 Å². The van der Waals surface area contributed by atoms with Crippen LogP contribution in [-0.2, 0) is 14.3 Å². The lowest BCUT2D eigenvalue weighted by Gasteiger charge is -2.06. The van der Waals surface area contributed by atoms with E-state index in [0.717, 1.165) is 25.7 Å². The molecule has 5 heteroatoms. The van der Waals surface area contributed by atoms with Crippen LogP contribution in [0.3, 0.4) is 0 Å². The van der Waals surface area contributed by atoms with Crippen molar-refractivity contribution >= 4 is 12.1 Å². The van der Waals surface area contributed by atoms with E-state index < -0.39 is 6.09 Å². The molecule has 0 rings (SSSR count). The topological polar surface area (TPSA) is 64.6 Å². The maximum absolute atomic E-state index is 11.2. The van der Waals surface area contributed by atoms with Gasteiger partial charge in [0.1, 0.15) is 0 Å². The quantitative estimate of drug-likeness (QED) is 0.388. The lowest BCUT2D eigenvalue weighted by Crippen LogP contribution is -2.27. The summed E-state index contributed by atoms with van der Waals surface area (Å²) in [5, 5.41) is 2.40. The number of rotatable bonds is 9. The largest absolute Gasteiger partial charge is 0.466 e. The number of alkyl carbamates (subject to hydrolysis) is 1. The lowest BCUT2D eigenvalue weighted by atomic mass is 10.2. The third-order valence-electron chi connectivity index (χ3n) is 2.15. The molecule has 0 spiro atoms. The van der Waals surface area contributed by atoms with Crippen LogP contribution in [0, 0.1) is 12.3 Å². The van der Waals surface area contributed by atoms with Crippen LogP contribution in [0.15, 0.2) is 0 Å². The normalized spacial score (nSPS) is 9.33. The van der Waals surface area contributed by atoms with Crippen LogP contribution in [0.2, 0.25) is 0 Å². The monoisotopic (exact) mass is 255 g/mol. The summed E-state index contributed by atoms with van der Waals surface area (Å²) < 4.78 is 9.55. The predicted molar refractivity (Wildman–Crippen MR) is 67.9 cm³/mol. The number of unbranched alkanes of at least 4 members (excludes halogenated alkanes) is 3. The molecule has 0 atom stereocenters. The summed E-state index contributed by atoms with van der Waals surface area (Å²) in [6, 6.07) is 0. The van der Waals surface area contributed by atoms with E-state index in [-0.39, 0.29) is 25.5 Å². The van der Waals surface area contributed by atoms with Crippen molar-refractivity contribution in [2.45, 2.75) is 39.0 Å². The average Bonchev–Trinajstić information content (AvgIpc) is 2.36. The van der Waals surface area contributed by atoms with E-state index in [1.54, 1.807) is 0 Å². The highest BCUT2D eigenvalue weighted by Crippen LogP contribution is 1.99. The Hall–Kier alpha value is -1.70. The Morgan fingerprint density at radius 1 is 1.22 bits per heavy atom. The van der Waals surface area contributed by atoms with Gasteiger partial charge in [-0.3, -0.25) is 4.79 Å². The number of terminal acetylenes is 1. The molecular formula is C13H21NO4. The molecule has 0 aliphatic rings. The molecule has 1 amide bonds. The van der Waals surface area contributed by atoms with E-state index in [0.29, 0.717) is 6.61 Å². The van der Waals surface area contributed by atoms with Crippen molar-refractivity contribution < 1.29 is 19.1 Å². The molecule has 0 saturated carbocycles. The van der Waals surface area contributed by atoms with Gasteiger partial charge >= 0.3 is 12.1 Å². The minimum Gasteiger partial charge on any atom is -0.466 e. The maximum Gasteiger partial charge on any atom is 0.408 e. The molecule has 0 aliphatic carbocycles. The number of carbonyl (C=O) groups excluding carboxylic acids is 2. The van der Waals surface area contributed by atoms with E-state index in [2.05, 4.69) is 22.9 Å². The van der Waals surface area contributed by atoms with Crippen molar-refractivity contribution in [2.75, 3.05) is 19.8 Å². The Morgan fingerprint density at radius 2 is 2.00 bits per heavy atom. The van der Waals surface area contributed by atoms with Crippen molar-refractivity contribution in [1.29, 1.82) is 0 Å². The van der Waals surface area contributed by atoms with Crippen LogP contribution in [0.1, 0.15) is 39.0 Å². The van der Waals surface area contributed by atoms with E-state index >= 15 is 0 Å². The molecule has 0 bridgehead atoms. The van der Waals surface area contributed by atoms with Gasteiger partial charge in [-0.15, -0.1) is 6.42 Å². The minimum absolute atomic E-state index is 0.0757. The van der Waals surface area contributed by atoms with Crippen molar-refractivity contribution in [1.82, 2.24) is 5.32 Å². The van der Waals surface area contributed by atoms with Gasteiger partial charge in [0.2, 0.25) is 0 Å². The number of carbonyl (C=O) groups is 2. The molecule has 18 heavy (non-hydrogen) atoms. The van der Waals surface area contributed by atoms with Crippen LogP contribution in [-0.4, -0.2) is 31.8 Å². The fourth-order valence-corrected chi connectivity index (χ4v) is 1.21. The third-order valence-corrected chi connectivity index (χ3v) is 2.15. The summed E-state index contributed by atoms with van der Waals surface area (Å²) in [6.45, 7) is 2.68. The summed E-state index contributed by atoms with van der Waals surface area (Å²) in [5.41, 5.74) is 0. The number of nitrogens with one attached hydrogen (secondary N) is 1. The Bertz CT molecular complexity index is 283. The molecule has 0 aromatic heterocycles. The van der Waals surface area contributed by atoms with E-state index in [9.17, 15) is 9.59 Å². The van der Waals surface area contributed by atoms with Crippen LogP contribution < -0.4 is 5.32 Å². The first-order valence-corrected chi connectivity index (χ1v) is 6.20. The predicted octanol–water partition coefficient (Wildman–Crippen LogP) is 1.86. The average molecular weight is 255 g/mol. The zero-order chi connectivity index (χ0) is 13.6. The number of esters is 1. The van der Waals surface area contributed by atoms with Crippen LogP contribution in [0.25, 0.3) is 0 Å². The van der Waals surface area contributed by atoms with Crippen molar-refractivity contribution in [3.8, 4) is 12.3 Å². The molecule has 0 radical (unpaired) electrons.